The lowest BCUT2D eigenvalue weighted by Crippen LogP contribution is -2.24. The van der Waals surface area contributed by atoms with Gasteiger partial charge < -0.3 is 10.6 Å². The van der Waals surface area contributed by atoms with Crippen molar-refractivity contribution in [3.8, 4) is 0 Å². The van der Waals surface area contributed by atoms with Crippen molar-refractivity contribution in [3.63, 3.8) is 0 Å². The Kier molecular flexibility index (Phi) is 5.73. The molecule has 2 heterocycles. The fraction of sp³-hybridized carbons (Fsp3) is 0.500. The third-order valence-corrected chi connectivity index (χ3v) is 4.06. The predicted molar refractivity (Wildman–Crippen MR) is 92.2 cm³/mol. The number of rotatable bonds is 7. The van der Waals surface area contributed by atoms with Crippen LogP contribution in [0.5, 0.6) is 0 Å². The lowest BCUT2D eigenvalue weighted by molar-refractivity contribution is 0.382. The second-order valence-corrected chi connectivity index (χ2v) is 5.90. The molecule has 1 aliphatic carbocycles. The van der Waals surface area contributed by atoms with Gasteiger partial charge in [0.25, 0.3) is 5.95 Å². The average molecular weight is 329 g/mol. The standard InChI is InChI=1S/C16H23N7O/c24-23-16-21-14(18-11-9-12-6-4-5-10-17-12)20-15(22-16)19-13-7-2-1-3-8-13/h4-6,10,13,24H,1-3,7-9,11H2,(H3,18,19,20,21,22,23). The molecule has 24 heavy (non-hydrogen) atoms. The zero-order chi connectivity index (χ0) is 16.6. The van der Waals surface area contributed by atoms with Crippen LogP contribution in [0, 0.1) is 0 Å². The van der Waals surface area contributed by atoms with Crippen molar-refractivity contribution in [2.75, 3.05) is 22.7 Å². The Labute approximate surface area is 141 Å². The van der Waals surface area contributed by atoms with E-state index in [1.165, 1.54) is 19.3 Å². The van der Waals surface area contributed by atoms with Crippen LogP contribution < -0.4 is 16.1 Å². The van der Waals surface area contributed by atoms with Crippen LogP contribution in [0.25, 0.3) is 0 Å². The van der Waals surface area contributed by atoms with Gasteiger partial charge in [0.2, 0.25) is 11.9 Å². The molecule has 4 N–H and O–H groups in total. The molecule has 3 rings (SSSR count). The van der Waals surface area contributed by atoms with Crippen molar-refractivity contribution < 1.29 is 5.21 Å². The van der Waals surface area contributed by atoms with Crippen LogP contribution >= 0.6 is 0 Å². The number of aromatic nitrogens is 4. The van der Waals surface area contributed by atoms with E-state index in [0.29, 0.717) is 24.5 Å². The molecule has 128 valence electrons. The zero-order valence-electron chi connectivity index (χ0n) is 13.6. The minimum atomic E-state index is 0.128. The van der Waals surface area contributed by atoms with Gasteiger partial charge in [-0.2, -0.15) is 15.0 Å². The van der Waals surface area contributed by atoms with E-state index in [-0.39, 0.29) is 5.95 Å². The Morgan fingerprint density at radius 1 is 1.00 bits per heavy atom. The first kappa shape index (κ1) is 16.4. The molecule has 0 spiro atoms. The highest BCUT2D eigenvalue weighted by Gasteiger charge is 2.15. The number of hydrogen-bond donors (Lipinski definition) is 4. The smallest absolute Gasteiger partial charge is 0.253 e. The number of nitrogens with zero attached hydrogens (tertiary/aromatic N) is 4. The van der Waals surface area contributed by atoms with E-state index in [1.807, 2.05) is 23.7 Å². The van der Waals surface area contributed by atoms with Crippen molar-refractivity contribution in [2.45, 2.75) is 44.6 Å². The first-order valence-corrected chi connectivity index (χ1v) is 8.40. The van der Waals surface area contributed by atoms with Crippen LogP contribution in [0.3, 0.4) is 0 Å². The van der Waals surface area contributed by atoms with E-state index in [4.69, 9.17) is 5.21 Å². The number of nitrogens with one attached hydrogen (secondary N) is 3. The van der Waals surface area contributed by atoms with E-state index in [2.05, 4.69) is 30.6 Å². The van der Waals surface area contributed by atoms with E-state index < -0.39 is 0 Å². The summed E-state index contributed by atoms with van der Waals surface area (Å²) in [5.41, 5.74) is 3.00. The normalized spacial score (nSPS) is 15.0. The van der Waals surface area contributed by atoms with E-state index in [0.717, 1.165) is 25.0 Å². The maximum absolute atomic E-state index is 9.13. The van der Waals surface area contributed by atoms with Gasteiger partial charge in [-0.05, 0) is 25.0 Å². The highest BCUT2D eigenvalue weighted by molar-refractivity contribution is 5.41. The molecule has 0 saturated heterocycles. The maximum atomic E-state index is 9.13. The molecule has 0 radical (unpaired) electrons. The summed E-state index contributed by atoms with van der Waals surface area (Å²) in [5.74, 6) is 1.04. The van der Waals surface area contributed by atoms with Crippen LogP contribution in [-0.4, -0.2) is 37.7 Å². The quantitative estimate of drug-likeness (QED) is 0.574. The van der Waals surface area contributed by atoms with Gasteiger partial charge in [0, 0.05) is 30.9 Å². The molecule has 0 atom stereocenters. The van der Waals surface area contributed by atoms with Crippen LogP contribution in [0.1, 0.15) is 37.8 Å². The summed E-state index contributed by atoms with van der Waals surface area (Å²) >= 11 is 0. The van der Waals surface area contributed by atoms with E-state index >= 15 is 0 Å². The van der Waals surface area contributed by atoms with Gasteiger partial charge in [-0.15, -0.1) is 0 Å². The largest absolute Gasteiger partial charge is 0.354 e. The van der Waals surface area contributed by atoms with Crippen molar-refractivity contribution in [2.24, 2.45) is 0 Å². The van der Waals surface area contributed by atoms with Gasteiger partial charge >= 0.3 is 0 Å². The number of anilines is 3. The topological polar surface area (TPSA) is 108 Å². The monoisotopic (exact) mass is 329 g/mol. The summed E-state index contributed by atoms with van der Waals surface area (Å²) in [4.78, 5) is 17.0. The molecule has 0 aromatic carbocycles. The lowest BCUT2D eigenvalue weighted by Gasteiger charge is -2.22. The molecule has 2 aromatic rings. The SMILES string of the molecule is ONc1nc(NCCc2ccccn2)nc(NC2CCCCC2)n1. The summed E-state index contributed by atoms with van der Waals surface area (Å²) in [6.45, 7) is 0.648. The average Bonchev–Trinajstić information content (AvgIpc) is 2.63. The first-order valence-electron chi connectivity index (χ1n) is 8.40. The van der Waals surface area contributed by atoms with Crippen molar-refractivity contribution in [1.29, 1.82) is 0 Å². The lowest BCUT2D eigenvalue weighted by atomic mass is 9.96. The summed E-state index contributed by atoms with van der Waals surface area (Å²) in [7, 11) is 0. The Bertz CT molecular complexity index is 632. The van der Waals surface area contributed by atoms with Gasteiger partial charge in [-0.3, -0.25) is 10.2 Å². The Hall–Kier alpha value is -2.48. The second-order valence-electron chi connectivity index (χ2n) is 5.90. The minimum absolute atomic E-state index is 0.128. The summed E-state index contributed by atoms with van der Waals surface area (Å²) in [6, 6.07) is 6.22. The highest BCUT2D eigenvalue weighted by atomic mass is 16.5. The molecule has 1 fully saturated rings. The maximum Gasteiger partial charge on any atom is 0.253 e. The molecule has 2 aromatic heterocycles. The van der Waals surface area contributed by atoms with Gasteiger partial charge in [0.1, 0.15) is 0 Å². The molecule has 0 amide bonds. The summed E-state index contributed by atoms with van der Waals surface area (Å²) in [6.07, 6.45) is 8.52. The summed E-state index contributed by atoms with van der Waals surface area (Å²) in [5, 5.41) is 15.6. The Morgan fingerprint density at radius 2 is 1.79 bits per heavy atom. The van der Waals surface area contributed by atoms with Gasteiger partial charge in [-0.1, -0.05) is 25.3 Å². The third kappa shape index (κ3) is 4.76. The van der Waals surface area contributed by atoms with Crippen molar-refractivity contribution in [1.82, 2.24) is 19.9 Å². The van der Waals surface area contributed by atoms with Gasteiger partial charge in [0.05, 0.1) is 0 Å². The number of pyridine rings is 1. The van der Waals surface area contributed by atoms with Crippen LogP contribution in [0.15, 0.2) is 24.4 Å². The third-order valence-electron chi connectivity index (χ3n) is 4.06. The van der Waals surface area contributed by atoms with Crippen LogP contribution in [-0.2, 0) is 6.42 Å². The molecular weight excluding hydrogens is 306 g/mol. The molecule has 0 aliphatic heterocycles. The van der Waals surface area contributed by atoms with E-state index in [9.17, 15) is 0 Å². The first-order chi connectivity index (χ1) is 11.8. The zero-order valence-corrected chi connectivity index (χ0v) is 13.6. The molecule has 8 heteroatoms. The minimum Gasteiger partial charge on any atom is -0.354 e. The van der Waals surface area contributed by atoms with E-state index in [1.54, 1.807) is 6.20 Å². The molecular formula is C16H23N7O. The number of hydrogen-bond acceptors (Lipinski definition) is 8. The molecule has 0 unspecified atom stereocenters. The van der Waals surface area contributed by atoms with Crippen LogP contribution in [0.4, 0.5) is 17.8 Å². The van der Waals surface area contributed by atoms with Crippen molar-refractivity contribution in [3.05, 3.63) is 30.1 Å². The predicted octanol–water partition coefficient (Wildman–Crippen LogP) is 2.47. The van der Waals surface area contributed by atoms with Gasteiger partial charge in [0.15, 0.2) is 0 Å². The Morgan fingerprint density at radius 3 is 2.54 bits per heavy atom. The molecule has 1 saturated carbocycles. The Balaban J connectivity index is 1.60. The molecule has 0 bridgehead atoms. The molecule has 8 nitrogen and oxygen atoms in total. The fourth-order valence-corrected chi connectivity index (χ4v) is 2.85. The van der Waals surface area contributed by atoms with Gasteiger partial charge in [-0.25, -0.2) is 5.48 Å². The second kappa shape index (κ2) is 8.39. The highest BCUT2D eigenvalue weighted by Crippen LogP contribution is 2.21. The van der Waals surface area contributed by atoms with Crippen molar-refractivity contribution >= 4 is 17.8 Å². The fourth-order valence-electron chi connectivity index (χ4n) is 2.85. The summed E-state index contributed by atoms with van der Waals surface area (Å²) < 4.78 is 0. The van der Waals surface area contributed by atoms with Crippen LogP contribution in [0.2, 0.25) is 0 Å². The molecule has 1 aliphatic rings.